The summed E-state index contributed by atoms with van der Waals surface area (Å²) >= 11 is 12.0. The molecular weight excluding hydrogens is 243 g/mol. The first-order valence-corrected chi connectivity index (χ1v) is 6.60. The SMILES string of the molecule is ClCC1CCCC1NCc1ccncc1Cl. The van der Waals surface area contributed by atoms with Gasteiger partial charge in [0, 0.05) is 30.9 Å². The molecule has 4 heteroatoms. The molecule has 2 atom stereocenters. The Kier molecular flexibility index (Phi) is 4.45. The second-order valence-corrected chi connectivity index (χ2v) is 5.02. The first-order chi connectivity index (χ1) is 7.81. The fourth-order valence-electron chi connectivity index (χ4n) is 2.28. The van der Waals surface area contributed by atoms with E-state index in [1.54, 1.807) is 12.4 Å². The largest absolute Gasteiger partial charge is 0.310 e. The summed E-state index contributed by atoms with van der Waals surface area (Å²) in [7, 11) is 0. The molecule has 88 valence electrons. The number of nitrogens with one attached hydrogen (secondary N) is 1. The Hall–Kier alpha value is -0.310. The molecule has 0 aliphatic heterocycles. The topological polar surface area (TPSA) is 24.9 Å². The van der Waals surface area contributed by atoms with Gasteiger partial charge >= 0.3 is 0 Å². The molecule has 0 spiro atoms. The van der Waals surface area contributed by atoms with Crippen LogP contribution in [-0.2, 0) is 6.54 Å². The molecular formula is C12H16Cl2N2. The maximum atomic E-state index is 6.05. The van der Waals surface area contributed by atoms with Gasteiger partial charge in [-0.05, 0) is 30.4 Å². The molecule has 1 N–H and O–H groups in total. The Morgan fingerprint density at radius 2 is 2.31 bits per heavy atom. The molecule has 0 radical (unpaired) electrons. The van der Waals surface area contributed by atoms with E-state index in [1.165, 1.54) is 19.3 Å². The van der Waals surface area contributed by atoms with Crippen molar-refractivity contribution in [3.8, 4) is 0 Å². The van der Waals surface area contributed by atoms with Crippen LogP contribution in [0.5, 0.6) is 0 Å². The number of hydrogen-bond donors (Lipinski definition) is 1. The molecule has 2 unspecified atom stereocenters. The van der Waals surface area contributed by atoms with Crippen LogP contribution in [0.2, 0.25) is 5.02 Å². The molecule has 1 saturated carbocycles. The predicted octanol–water partition coefficient (Wildman–Crippen LogP) is 3.23. The quantitative estimate of drug-likeness (QED) is 0.840. The van der Waals surface area contributed by atoms with Crippen LogP contribution in [0.15, 0.2) is 18.5 Å². The average Bonchev–Trinajstić information content (AvgIpc) is 2.75. The molecule has 1 aromatic heterocycles. The minimum Gasteiger partial charge on any atom is -0.310 e. The van der Waals surface area contributed by atoms with Gasteiger partial charge in [0.15, 0.2) is 0 Å². The second-order valence-electron chi connectivity index (χ2n) is 4.30. The standard InChI is InChI=1S/C12H16Cl2N2/c13-6-9-2-1-3-12(9)16-7-10-4-5-15-8-11(10)14/h4-5,8-9,12,16H,1-3,6-7H2. The second kappa shape index (κ2) is 5.85. The molecule has 2 nitrogen and oxygen atoms in total. The van der Waals surface area contributed by atoms with Crippen LogP contribution in [0, 0.1) is 5.92 Å². The first kappa shape index (κ1) is 12.2. The average molecular weight is 259 g/mol. The molecule has 0 saturated heterocycles. The zero-order valence-corrected chi connectivity index (χ0v) is 10.6. The highest BCUT2D eigenvalue weighted by molar-refractivity contribution is 6.31. The van der Waals surface area contributed by atoms with Crippen molar-refractivity contribution < 1.29 is 0 Å². The van der Waals surface area contributed by atoms with Crippen LogP contribution in [0.3, 0.4) is 0 Å². The Labute approximate surface area is 106 Å². The van der Waals surface area contributed by atoms with E-state index >= 15 is 0 Å². The number of halogens is 2. The van der Waals surface area contributed by atoms with Crippen LogP contribution in [-0.4, -0.2) is 16.9 Å². The first-order valence-electron chi connectivity index (χ1n) is 5.69. The zero-order chi connectivity index (χ0) is 11.4. The van der Waals surface area contributed by atoms with Crippen LogP contribution < -0.4 is 5.32 Å². The lowest BCUT2D eigenvalue weighted by Crippen LogP contribution is -2.32. The van der Waals surface area contributed by atoms with E-state index in [-0.39, 0.29) is 0 Å². The lowest BCUT2D eigenvalue weighted by molar-refractivity contribution is 0.429. The maximum absolute atomic E-state index is 6.05. The van der Waals surface area contributed by atoms with Crippen LogP contribution in [0.25, 0.3) is 0 Å². The van der Waals surface area contributed by atoms with Crippen LogP contribution in [0.1, 0.15) is 24.8 Å². The van der Waals surface area contributed by atoms with Crippen molar-refractivity contribution in [1.82, 2.24) is 10.3 Å². The van der Waals surface area contributed by atoms with Crippen LogP contribution >= 0.6 is 23.2 Å². The van der Waals surface area contributed by atoms with Gasteiger partial charge in [-0.25, -0.2) is 0 Å². The van der Waals surface area contributed by atoms with E-state index in [1.807, 2.05) is 6.07 Å². The van der Waals surface area contributed by atoms with Gasteiger partial charge in [0.25, 0.3) is 0 Å². The summed E-state index contributed by atoms with van der Waals surface area (Å²) in [5, 5.41) is 4.27. The number of alkyl halides is 1. The molecule has 0 bridgehead atoms. The van der Waals surface area contributed by atoms with Gasteiger partial charge in [-0.15, -0.1) is 11.6 Å². The Balaban J connectivity index is 1.90. The van der Waals surface area contributed by atoms with E-state index in [0.29, 0.717) is 12.0 Å². The number of hydrogen-bond acceptors (Lipinski definition) is 2. The molecule has 0 aromatic carbocycles. The highest BCUT2D eigenvalue weighted by Gasteiger charge is 2.25. The number of rotatable bonds is 4. The van der Waals surface area contributed by atoms with E-state index in [9.17, 15) is 0 Å². The molecule has 16 heavy (non-hydrogen) atoms. The van der Waals surface area contributed by atoms with E-state index in [2.05, 4.69) is 10.3 Å². The highest BCUT2D eigenvalue weighted by Crippen LogP contribution is 2.27. The van der Waals surface area contributed by atoms with E-state index in [0.717, 1.165) is 23.0 Å². The maximum Gasteiger partial charge on any atom is 0.0634 e. The van der Waals surface area contributed by atoms with Crippen molar-refractivity contribution in [2.75, 3.05) is 5.88 Å². The molecule has 0 amide bonds. The smallest absolute Gasteiger partial charge is 0.0634 e. The van der Waals surface area contributed by atoms with Gasteiger partial charge in [-0.3, -0.25) is 4.98 Å². The van der Waals surface area contributed by atoms with Gasteiger partial charge in [0.1, 0.15) is 0 Å². The fraction of sp³-hybridized carbons (Fsp3) is 0.583. The highest BCUT2D eigenvalue weighted by atomic mass is 35.5. The number of aromatic nitrogens is 1. The third-order valence-corrected chi connectivity index (χ3v) is 4.01. The fourth-order valence-corrected chi connectivity index (χ4v) is 2.83. The summed E-state index contributed by atoms with van der Waals surface area (Å²) in [6, 6.07) is 2.50. The predicted molar refractivity (Wildman–Crippen MR) is 67.9 cm³/mol. The summed E-state index contributed by atoms with van der Waals surface area (Å²) in [6.07, 6.45) is 7.20. The third-order valence-electron chi connectivity index (χ3n) is 3.27. The summed E-state index contributed by atoms with van der Waals surface area (Å²) in [5.74, 6) is 1.36. The summed E-state index contributed by atoms with van der Waals surface area (Å²) < 4.78 is 0. The summed E-state index contributed by atoms with van der Waals surface area (Å²) in [6.45, 7) is 0.805. The van der Waals surface area contributed by atoms with E-state index < -0.39 is 0 Å². The lowest BCUT2D eigenvalue weighted by Gasteiger charge is -2.19. The molecule has 1 aliphatic rings. The summed E-state index contributed by atoms with van der Waals surface area (Å²) in [4.78, 5) is 3.97. The van der Waals surface area contributed by atoms with Crippen molar-refractivity contribution in [2.45, 2.75) is 31.8 Å². The minimum atomic E-state index is 0.543. The molecule has 1 heterocycles. The Morgan fingerprint density at radius 3 is 3.06 bits per heavy atom. The zero-order valence-electron chi connectivity index (χ0n) is 9.13. The number of nitrogens with zero attached hydrogens (tertiary/aromatic N) is 1. The Bertz CT molecular complexity index is 344. The lowest BCUT2D eigenvalue weighted by atomic mass is 10.1. The van der Waals surface area contributed by atoms with Crippen LogP contribution in [0.4, 0.5) is 0 Å². The number of pyridine rings is 1. The normalized spacial score (nSPS) is 24.9. The van der Waals surface area contributed by atoms with E-state index in [4.69, 9.17) is 23.2 Å². The minimum absolute atomic E-state index is 0.543. The molecule has 1 fully saturated rings. The van der Waals surface area contributed by atoms with Crippen molar-refractivity contribution >= 4 is 23.2 Å². The Morgan fingerprint density at radius 1 is 1.44 bits per heavy atom. The summed E-state index contributed by atoms with van der Waals surface area (Å²) in [5.41, 5.74) is 1.11. The van der Waals surface area contributed by atoms with Gasteiger partial charge in [0.05, 0.1) is 5.02 Å². The monoisotopic (exact) mass is 258 g/mol. The van der Waals surface area contributed by atoms with Gasteiger partial charge in [-0.2, -0.15) is 0 Å². The van der Waals surface area contributed by atoms with Crippen molar-refractivity contribution in [3.63, 3.8) is 0 Å². The van der Waals surface area contributed by atoms with Crippen molar-refractivity contribution in [3.05, 3.63) is 29.0 Å². The molecule has 1 aliphatic carbocycles. The van der Waals surface area contributed by atoms with Gasteiger partial charge in [0.2, 0.25) is 0 Å². The van der Waals surface area contributed by atoms with Crippen molar-refractivity contribution in [2.24, 2.45) is 5.92 Å². The van der Waals surface area contributed by atoms with Crippen molar-refractivity contribution in [1.29, 1.82) is 0 Å². The third kappa shape index (κ3) is 2.88. The van der Waals surface area contributed by atoms with Gasteiger partial charge < -0.3 is 5.32 Å². The molecule has 2 rings (SSSR count). The molecule has 1 aromatic rings. The van der Waals surface area contributed by atoms with Gasteiger partial charge in [-0.1, -0.05) is 18.0 Å².